The lowest BCUT2D eigenvalue weighted by Gasteiger charge is -2.16. The molecule has 1 aromatic heterocycles. The van der Waals surface area contributed by atoms with Crippen molar-refractivity contribution in [2.45, 2.75) is 26.4 Å². The molecule has 0 saturated carbocycles. The fraction of sp³-hybridized carbons (Fsp3) is 0.143. The van der Waals surface area contributed by atoms with Crippen molar-refractivity contribution < 1.29 is 19.4 Å². The number of aryl methyl sites for hydroxylation is 1. The summed E-state index contributed by atoms with van der Waals surface area (Å²) in [6, 6.07) is 22.8. The van der Waals surface area contributed by atoms with Crippen LogP contribution in [0, 0.1) is 6.92 Å². The average Bonchev–Trinajstić information content (AvgIpc) is 3.19. The third-order valence-electron chi connectivity index (χ3n) is 5.62. The van der Waals surface area contributed by atoms with Crippen molar-refractivity contribution >= 4 is 40.7 Å². The maximum atomic E-state index is 12.7. The lowest BCUT2D eigenvalue weighted by molar-refractivity contribution is -0.136. The SMILES string of the molecule is Cc1csc(-c2ccc(-c3ccc(CC(=O)O)cc3)cc2)c1NC(=O)OC(C)c1ccccc1Cl. The number of carbonyl (C=O) groups excluding carboxylic acids is 1. The molecular weight excluding hydrogens is 482 g/mol. The van der Waals surface area contributed by atoms with Gasteiger partial charge in [-0.15, -0.1) is 11.3 Å². The lowest BCUT2D eigenvalue weighted by atomic mass is 10.0. The molecule has 1 heterocycles. The first-order valence-electron chi connectivity index (χ1n) is 11.0. The van der Waals surface area contributed by atoms with Gasteiger partial charge in [-0.05, 0) is 53.1 Å². The predicted octanol–water partition coefficient (Wildman–Crippen LogP) is 7.98. The second-order valence-electron chi connectivity index (χ2n) is 8.16. The van der Waals surface area contributed by atoms with Gasteiger partial charge in [-0.25, -0.2) is 4.79 Å². The number of hydrogen-bond acceptors (Lipinski definition) is 4. The summed E-state index contributed by atoms with van der Waals surface area (Å²) in [6.07, 6.45) is -1.03. The molecule has 2 N–H and O–H groups in total. The number of benzene rings is 3. The number of ether oxygens (including phenoxy) is 1. The molecule has 1 amide bonds. The smallest absolute Gasteiger partial charge is 0.412 e. The molecule has 0 bridgehead atoms. The van der Waals surface area contributed by atoms with Crippen molar-refractivity contribution in [3.63, 3.8) is 0 Å². The molecule has 1 atom stereocenters. The minimum atomic E-state index is -0.847. The molecule has 0 radical (unpaired) electrons. The zero-order chi connectivity index (χ0) is 24.9. The van der Waals surface area contributed by atoms with E-state index in [1.807, 2.05) is 79.0 Å². The zero-order valence-electron chi connectivity index (χ0n) is 19.2. The summed E-state index contributed by atoms with van der Waals surface area (Å²) < 4.78 is 5.58. The molecule has 5 nitrogen and oxygen atoms in total. The van der Waals surface area contributed by atoms with Gasteiger partial charge in [-0.1, -0.05) is 78.3 Å². The Morgan fingerprint density at radius 3 is 2.20 bits per heavy atom. The number of thiophene rings is 1. The molecule has 4 aromatic rings. The first-order chi connectivity index (χ1) is 16.8. The van der Waals surface area contributed by atoms with E-state index in [-0.39, 0.29) is 6.42 Å². The zero-order valence-corrected chi connectivity index (χ0v) is 20.8. The van der Waals surface area contributed by atoms with Crippen LogP contribution in [-0.2, 0) is 16.0 Å². The van der Waals surface area contributed by atoms with Crippen molar-refractivity contribution in [1.29, 1.82) is 0 Å². The molecule has 0 saturated heterocycles. The Morgan fingerprint density at radius 2 is 1.57 bits per heavy atom. The second-order valence-corrected chi connectivity index (χ2v) is 9.45. The molecule has 3 aromatic carbocycles. The van der Waals surface area contributed by atoms with Gasteiger partial charge in [-0.3, -0.25) is 10.1 Å². The highest BCUT2D eigenvalue weighted by Gasteiger charge is 2.18. The summed E-state index contributed by atoms with van der Waals surface area (Å²) in [4.78, 5) is 24.5. The predicted molar refractivity (Wildman–Crippen MR) is 141 cm³/mol. The molecule has 7 heteroatoms. The Hall–Kier alpha value is -3.61. The van der Waals surface area contributed by atoms with Gasteiger partial charge < -0.3 is 9.84 Å². The van der Waals surface area contributed by atoms with E-state index in [1.54, 1.807) is 24.3 Å². The van der Waals surface area contributed by atoms with Gasteiger partial charge in [0.25, 0.3) is 0 Å². The van der Waals surface area contributed by atoms with Crippen molar-refractivity contribution in [3.05, 3.63) is 99.9 Å². The summed E-state index contributed by atoms with van der Waals surface area (Å²) >= 11 is 7.78. The number of rotatable bonds is 7. The number of anilines is 1. The maximum absolute atomic E-state index is 12.7. The van der Waals surface area contributed by atoms with Gasteiger partial charge in [0.15, 0.2) is 0 Å². The Bertz CT molecular complexity index is 1350. The molecule has 0 aliphatic heterocycles. The van der Waals surface area contributed by atoms with Crippen LogP contribution in [0.2, 0.25) is 5.02 Å². The summed E-state index contributed by atoms with van der Waals surface area (Å²) in [5, 5.41) is 14.4. The van der Waals surface area contributed by atoms with Crippen molar-refractivity contribution in [2.24, 2.45) is 0 Å². The quantitative estimate of drug-likeness (QED) is 0.267. The third-order valence-corrected chi connectivity index (χ3v) is 7.11. The summed E-state index contributed by atoms with van der Waals surface area (Å²) in [7, 11) is 0. The fourth-order valence-corrected chi connectivity index (χ4v) is 5.08. The number of hydrogen-bond donors (Lipinski definition) is 2. The third kappa shape index (κ3) is 5.91. The largest absolute Gasteiger partial charge is 0.481 e. The van der Waals surface area contributed by atoms with Crippen LogP contribution in [0.1, 0.15) is 29.7 Å². The van der Waals surface area contributed by atoms with Crippen LogP contribution in [-0.4, -0.2) is 17.2 Å². The van der Waals surface area contributed by atoms with Crippen LogP contribution >= 0.6 is 22.9 Å². The Labute approximate surface area is 213 Å². The number of carboxylic acid groups (broad SMARTS) is 1. The summed E-state index contributed by atoms with van der Waals surface area (Å²) in [5.74, 6) is -0.847. The lowest BCUT2D eigenvalue weighted by Crippen LogP contribution is -2.16. The Balaban J connectivity index is 1.48. The van der Waals surface area contributed by atoms with E-state index >= 15 is 0 Å². The number of aliphatic carboxylic acids is 1. The Kier molecular flexibility index (Phi) is 7.54. The van der Waals surface area contributed by atoms with Gasteiger partial charge in [0.05, 0.1) is 17.0 Å². The van der Waals surface area contributed by atoms with Crippen molar-refractivity contribution in [1.82, 2.24) is 0 Å². The minimum Gasteiger partial charge on any atom is -0.481 e. The number of amides is 1. The normalized spacial score (nSPS) is 11.6. The molecule has 0 aliphatic rings. The van der Waals surface area contributed by atoms with Gasteiger partial charge in [0, 0.05) is 10.6 Å². The standard InChI is InChI=1S/C28H24ClNO4S/c1-17-16-35-27(26(17)30-28(33)34-18(2)23-5-3-4-6-24(23)29)22-13-11-21(12-14-22)20-9-7-19(8-10-20)15-25(31)32/h3-14,16,18H,15H2,1-2H3,(H,30,33)(H,31,32). The Morgan fingerprint density at radius 1 is 0.971 bits per heavy atom. The van der Waals surface area contributed by atoms with E-state index in [1.165, 1.54) is 0 Å². The number of nitrogens with one attached hydrogen (secondary N) is 1. The van der Waals surface area contributed by atoms with E-state index in [4.69, 9.17) is 21.4 Å². The molecule has 4 rings (SSSR count). The summed E-state index contributed by atoms with van der Waals surface area (Å²) in [5.41, 5.74) is 6.18. The number of carboxylic acids is 1. The van der Waals surface area contributed by atoms with Gasteiger partial charge in [0.2, 0.25) is 0 Å². The molecule has 35 heavy (non-hydrogen) atoms. The van der Waals surface area contributed by atoms with Crippen LogP contribution in [0.15, 0.2) is 78.2 Å². The monoisotopic (exact) mass is 505 g/mol. The van der Waals surface area contributed by atoms with Crippen LogP contribution in [0.5, 0.6) is 0 Å². The highest BCUT2D eigenvalue weighted by Crippen LogP contribution is 2.38. The van der Waals surface area contributed by atoms with E-state index < -0.39 is 18.2 Å². The van der Waals surface area contributed by atoms with Crippen LogP contribution in [0.4, 0.5) is 10.5 Å². The maximum Gasteiger partial charge on any atom is 0.412 e. The fourth-order valence-electron chi connectivity index (χ4n) is 3.78. The van der Waals surface area contributed by atoms with Gasteiger partial charge in [0.1, 0.15) is 6.10 Å². The average molecular weight is 506 g/mol. The van der Waals surface area contributed by atoms with E-state index in [2.05, 4.69) is 5.32 Å². The topological polar surface area (TPSA) is 75.6 Å². The first kappa shape index (κ1) is 24.5. The van der Waals surface area contributed by atoms with Gasteiger partial charge in [-0.2, -0.15) is 0 Å². The molecular formula is C28H24ClNO4S. The van der Waals surface area contributed by atoms with E-state index in [0.29, 0.717) is 5.02 Å². The van der Waals surface area contributed by atoms with Crippen LogP contribution in [0.25, 0.3) is 21.6 Å². The van der Waals surface area contributed by atoms with Gasteiger partial charge >= 0.3 is 12.1 Å². The van der Waals surface area contributed by atoms with Crippen LogP contribution in [0.3, 0.4) is 0 Å². The van der Waals surface area contributed by atoms with E-state index in [9.17, 15) is 9.59 Å². The molecule has 0 aliphatic carbocycles. The molecule has 0 spiro atoms. The highest BCUT2D eigenvalue weighted by molar-refractivity contribution is 7.14. The first-order valence-corrected chi connectivity index (χ1v) is 12.3. The van der Waals surface area contributed by atoms with Crippen molar-refractivity contribution in [2.75, 3.05) is 5.32 Å². The highest BCUT2D eigenvalue weighted by atomic mass is 35.5. The number of carbonyl (C=O) groups is 2. The van der Waals surface area contributed by atoms with Crippen LogP contribution < -0.4 is 5.32 Å². The molecule has 1 unspecified atom stereocenters. The second kappa shape index (κ2) is 10.8. The summed E-state index contributed by atoms with van der Waals surface area (Å²) in [6.45, 7) is 3.73. The molecule has 0 fully saturated rings. The van der Waals surface area contributed by atoms with Crippen molar-refractivity contribution in [3.8, 4) is 21.6 Å². The minimum absolute atomic E-state index is 0.00627. The number of halogens is 1. The molecule has 178 valence electrons. The van der Waals surface area contributed by atoms with E-state index in [0.717, 1.165) is 43.9 Å².